The molecule has 2 aliphatic heterocycles. The summed E-state index contributed by atoms with van der Waals surface area (Å²) >= 11 is 0. The van der Waals surface area contributed by atoms with Crippen molar-refractivity contribution in [2.75, 3.05) is 19.8 Å². The van der Waals surface area contributed by atoms with Gasteiger partial charge in [-0.15, -0.1) is 0 Å². The van der Waals surface area contributed by atoms with Crippen LogP contribution >= 0.6 is 0 Å². The predicted octanol–water partition coefficient (Wildman–Crippen LogP) is 3.88. The first-order valence-corrected chi connectivity index (χ1v) is 8.34. The number of fused-ring (bicyclic) bond motifs is 1. The summed E-state index contributed by atoms with van der Waals surface area (Å²) in [6.07, 6.45) is 4.75. The van der Waals surface area contributed by atoms with Crippen LogP contribution in [0, 0.1) is 0 Å². The Hall–Kier alpha value is -1.52. The zero-order valence-electron chi connectivity index (χ0n) is 14.3. The van der Waals surface area contributed by atoms with Gasteiger partial charge in [0.15, 0.2) is 11.5 Å². The van der Waals surface area contributed by atoms with Gasteiger partial charge in [-0.3, -0.25) is 0 Å². The van der Waals surface area contributed by atoms with Crippen LogP contribution in [0.1, 0.15) is 39.2 Å². The predicted molar refractivity (Wildman–Crippen MR) is 89.0 cm³/mol. The molecular weight excluding hydrogens is 292 g/mol. The standard InChI is InChI=1S/C19H26O4/c1-14(4-7-18-19(2,3)23-18)8-9-20-13-15-5-6-16-17(12-15)22-11-10-21-16/h5-6,8,12,18H,4,7,9-11,13H2,1-3H3/b14-8+. The van der Waals surface area contributed by atoms with E-state index in [0.717, 1.165) is 29.9 Å². The Kier molecular flexibility index (Phi) is 4.93. The highest BCUT2D eigenvalue weighted by molar-refractivity contribution is 5.43. The van der Waals surface area contributed by atoms with Crippen molar-refractivity contribution in [1.29, 1.82) is 0 Å². The second-order valence-corrected chi connectivity index (χ2v) is 6.79. The van der Waals surface area contributed by atoms with Gasteiger partial charge in [-0.25, -0.2) is 0 Å². The van der Waals surface area contributed by atoms with Gasteiger partial charge in [0.1, 0.15) is 13.2 Å². The van der Waals surface area contributed by atoms with E-state index >= 15 is 0 Å². The molecular formula is C19H26O4. The molecule has 1 aromatic carbocycles. The molecule has 1 aromatic rings. The average Bonchev–Trinajstić information content (AvgIpc) is 3.16. The van der Waals surface area contributed by atoms with Gasteiger partial charge in [0.05, 0.1) is 24.9 Å². The first-order valence-electron chi connectivity index (χ1n) is 8.34. The summed E-state index contributed by atoms with van der Waals surface area (Å²) in [5, 5.41) is 0. The monoisotopic (exact) mass is 318 g/mol. The molecule has 2 aliphatic rings. The Bertz CT molecular complexity index is 577. The highest BCUT2D eigenvalue weighted by atomic mass is 16.6. The fraction of sp³-hybridized carbons (Fsp3) is 0.579. The van der Waals surface area contributed by atoms with Crippen molar-refractivity contribution in [2.45, 2.75) is 51.9 Å². The van der Waals surface area contributed by atoms with Crippen LogP contribution in [-0.2, 0) is 16.1 Å². The van der Waals surface area contributed by atoms with Crippen molar-refractivity contribution in [2.24, 2.45) is 0 Å². The molecule has 1 unspecified atom stereocenters. The molecule has 4 nitrogen and oxygen atoms in total. The van der Waals surface area contributed by atoms with Gasteiger partial charge in [-0.1, -0.05) is 17.7 Å². The number of hydrogen-bond acceptors (Lipinski definition) is 4. The highest BCUT2D eigenvalue weighted by Crippen LogP contribution is 2.38. The summed E-state index contributed by atoms with van der Waals surface area (Å²) < 4.78 is 22.4. The Labute approximate surface area is 138 Å². The van der Waals surface area contributed by atoms with Crippen molar-refractivity contribution in [3.63, 3.8) is 0 Å². The number of benzene rings is 1. The molecule has 0 amide bonds. The van der Waals surface area contributed by atoms with E-state index in [1.165, 1.54) is 5.57 Å². The van der Waals surface area contributed by atoms with E-state index in [4.69, 9.17) is 18.9 Å². The Morgan fingerprint density at radius 3 is 2.74 bits per heavy atom. The van der Waals surface area contributed by atoms with Gasteiger partial charge in [-0.05, 0) is 51.3 Å². The maximum Gasteiger partial charge on any atom is 0.161 e. The van der Waals surface area contributed by atoms with Crippen molar-refractivity contribution in [3.05, 3.63) is 35.4 Å². The van der Waals surface area contributed by atoms with E-state index in [1.54, 1.807) is 0 Å². The molecule has 3 rings (SSSR count). The lowest BCUT2D eigenvalue weighted by Crippen LogP contribution is -2.15. The lowest BCUT2D eigenvalue weighted by Gasteiger charge is -2.18. The van der Waals surface area contributed by atoms with Crippen molar-refractivity contribution in [3.8, 4) is 11.5 Å². The third-order valence-corrected chi connectivity index (χ3v) is 4.39. The summed E-state index contributed by atoms with van der Waals surface area (Å²) in [6.45, 7) is 8.90. The molecule has 23 heavy (non-hydrogen) atoms. The van der Waals surface area contributed by atoms with Crippen LogP contribution in [0.15, 0.2) is 29.8 Å². The first-order chi connectivity index (χ1) is 11.0. The molecule has 0 aromatic heterocycles. The van der Waals surface area contributed by atoms with E-state index in [9.17, 15) is 0 Å². The molecule has 0 spiro atoms. The second kappa shape index (κ2) is 6.93. The van der Waals surface area contributed by atoms with Crippen LogP contribution < -0.4 is 9.47 Å². The maximum absolute atomic E-state index is 5.74. The molecule has 1 fully saturated rings. The Balaban J connectivity index is 1.38. The third-order valence-electron chi connectivity index (χ3n) is 4.39. The SMILES string of the molecule is C/C(=C\COCc1ccc2c(c1)OCCO2)CCC1OC1(C)C. The summed E-state index contributed by atoms with van der Waals surface area (Å²) in [4.78, 5) is 0. The van der Waals surface area contributed by atoms with E-state index < -0.39 is 0 Å². The molecule has 0 saturated carbocycles. The van der Waals surface area contributed by atoms with Crippen molar-refractivity contribution >= 4 is 0 Å². The largest absolute Gasteiger partial charge is 0.486 e. The normalized spacial score (nSPS) is 22.0. The summed E-state index contributed by atoms with van der Waals surface area (Å²) in [6, 6.07) is 5.97. The van der Waals surface area contributed by atoms with Gasteiger partial charge >= 0.3 is 0 Å². The molecule has 0 aliphatic carbocycles. The molecule has 0 N–H and O–H groups in total. The Morgan fingerprint density at radius 1 is 1.26 bits per heavy atom. The zero-order valence-corrected chi connectivity index (χ0v) is 14.3. The first kappa shape index (κ1) is 16.3. The summed E-state index contributed by atoms with van der Waals surface area (Å²) in [5.41, 5.74) is 2.56. The van der Waals surface area contributed by atoms with Gasteiger partial charge in [0.2, 0.25) is 0 Å². The lowest BCUT2D eigenvalue weighted by atomic mass is 10.0. The molecule has 126 valence electrons. The molecule has 4 heteroatoms. The fourth-order valence-corrected chi connectivity index (χ4v) is 2.76. The highest BCUT2D eigenvalue weighted by Gasteiger charge is 2.46. The zero-order chi connectivity index (χ0) is 16.3. The van der Waals surface area contributed by atoms with E-state index in [2.05, 4.69) is 26.8 Å². The van der Waals surface area contributed by atoms with Crippen molar-refractivity contribution < 1.29 is 18.9 Å². The quantitative estimate of drug-likeness (QED) is 0.434. The molecule has 2 heterocycles. The van der Waals surface area contributed by atoms with Crippen LogP contribution in [0.3, 0.4) is 0 Å². The van der Waals surface area contributed by atoms with Gasteiger partial charge < -0.3 is 18.9 Å². The van der Waals surface area contributed by atoms with Crippen molar-refractivity contribution in [1.82, 2.24) is 0 Å². The van der Waals surface area contributed by atoms with Crippen LogP contribution in [0.2, 0.25) is 0 Å². The van der Waals surface area contributed by atoms with E-state index in [-0.39, 0.29) is 5.60 Å². The topological polar surface area (TPSA) is 40.2 Å². The number of ether oxygens (including phenoxy) is 4. The summed E-state index contributed by atoms with van der Waals surface area (Å²) in [7, 11) is 0. The molecule has 0 bridgehead atoms. The minimum Gasteiger partial charge on any atom is -0.486 e. The molecule has 1 atom stereocenters. The van der Waals surface area contributed by atoms with Crippen LogP contribution in [0.4, 0.5) is 0 Å². The third kappa shape index (κ3) is 4.49. The lowest BCUT2D eigenvalue weighted by molar-refractivity contribution is 0.146. The van der Waals surface area contributed by atoms with Gasteiger partial charge in [0, 0.05) is 0 Å². The second-order valence-electron chi connectivity index (χ2n) is 6.79. The van der Waals surface area contributed by atoms with Gasteiger partial charge in [-0.2, -0.15) is 0 Å². The fourth-order valence-electron chi connectivity index (χ4n) is 2.76. The number of rotatable bonds is 7. The minimum absolute atomic E-state index is 0.0923. The number of hydrogen-bond donors (Lipinski definition) is 0. The van der Waals surface area contributed by atoms with Crippen LogP contribution in [0.5, 0.6) is 11.5 Å². The molecule has 1 saturated heterocycles. The minimum atomic E-state index is 0.0923. The average molecular weight is 318 g/mol. The van der Waals surface area contributed by atoms with E-state index in [0.29, 0.717) is 32.5 Å². The van der Waals surface area contributed by atoms with Gasteiger partial charge in [0.25, 0.3) is 0 Å². The van der Waals surface area contributed by atoms with Crippen LogP contribution in [-0.4, -0.2) is 31.5 Å². The summed E-state index contributed by atoms with van der Waals surface area (Å²) in [5.74, 6) is 1.64. The number of epoxide rings is 1. The molecule has 0 radical (unpaired) electrons. The van der Waals surface area contributed by atoms with E-state index in [1.807, 2.05) is 18.2 Å². The smallest absolute Gasteiger partial charge is 0.161 e. The number of allylic oxidation sites excluding steroid dienone is 1. The Morgan fingerprint density at radius 2 is 2.00 bits per heavy atom. The maximum atomic E-state index is 5.74. The van der Waals surface area contributed by atoms with Crippen LogP contribution in [0.25, 0.3) is 0 Å².